The number of nitrogens with zero attached hydrogens (tertiary/aromatic N) is 15. The van der Waals surface area contributed by atoms with Crippen LogP contribution in [0.5, 0.6) is 0 Å². The van der Waals surface area contributed by atoms with E-state index in [9.17, 15) is 0 Å². The van der Waals surface area contributed by atoms with Crippen LogP contribution in [0.15, 0.2) is 16.8 Å². The second-order valence-electron chi connectivity index (χ2n) is 55.4. The highest BCUT2D eigenvalue weighted by Gasteiger charge is 2.40. The van der Waals surface area contributed by atoms with Crippen LogP contribution in [-0.4, -0.2) is 70.2 Å². The minimum atomic E-state index is -0.0704. The van der Waals surface area contributed by atoms with Gasteiger partial charge in [0.25, 0.3) is 0 Å². The summed E-state index contributed by atoms with van der Waals surface area (Å²) in [6, 6.07) is 4.69. The Labute approximate surface area is 898 Å². The number of hydrogen-bond donors (Lipinski definition) is 0. The van der Waals surface area contributed by atoms with Gasteiger partial charge in [0, 0.05) is 67.5 Å². The summed E-state index contributed by atoms with van der Waals surface area (Å²) < 4.78 is 44.9. The number of thiophene rings is 3. The van der Waals surface area contributed by atoms with Crippen LogP contribution in [0.3, 0.4) is 0 Å². The largest absolute Gasteiger partial charge is 0.255 e. The number of fused-ring (bicyclic) bond motifs is 10. The standard InChI is InChI=1S/C22H30S2.C20H26N2S.C18H24N4S.C16H24N2O.2C16H24N2S.C14H21N3S/c1-11-13(3)23-19-15(11)17(21(5,6)7)20-16(12(2)14(4)24-20)18(19)22(8,9)10;1-11-9-13-14(10-12(11)2)16(20(6,7)8)18-17(21-23-22-18)15(13)19(3,4)5;1-9-10(2)20-14-12(18(6,7)8)16-15(21-23-22-16)11(13(14)19-9)17(3,4)5;1-9-10(2)12(16(6,7)8)14-13(17-19-18-14)11(9)15(3,4)5;1-9-10(2)18-12-11(17-9)13(15(3,4)5)19-14(12)16(6,7)8;1-9-10(2)12(16(6,7)8)14-13(17-19-18-14)11(9)15(3,4)5;1-8-9(13(2,3)4)10-11(17-18-16-10)12(15-8)14(5,6)7/h1-10H3;9-10H,1-8H3;1-8H3;3*1-8H3;1-7H3. The van der Waals surface area contributed by atoms with E-state index < -0.39 is 0 Å². The summed E-state index contributed by atoms with van der Waals surface area (Å²) in [6.45, 7) is 127. The molecule has 0 aliphatic carbocycles. The molecule has 0 radical (unpaired) electrons. The first-order valence-corrected chi connectivity index (χ1v) is 57.0. The average molecular weight is 2090 g/mol. The first-order chi connectivity index (χ1) is 65.6. The molecule has 23 heteroatoms. The fraction of sp³-hybridized carbons (Fsp3) is 0.582. The lowest BCUT2D eigenvalue weighted by Gasteiger charge is -2.29. The summed E-state index contributed by atoms with van der Waals surface area (Å²) in [6.07, 6.45) is 0. The Morgan fingerprint density at radius 1 is 0.193 bits per heavy atom. The Morgan fingerprint density at radius 2 is 0.421 bits per heavy atom. The predicted octanol–water partition coefficient (Wildman–Crippen LogP) is 37.1. The van der Waals surface area contributed by atoms with Gasteiger partial charge in [0.05, 0.1) is 86.4 Å². The molecule has 17 aromatic rings. The van der Waals surface area contributed by atoms with Crippen molar-refractivity contribution in [2.45, 2.75) is 470 Å². The molecule has 16 nitrogen and oxygen atoms in total. The summed E-state index contributed by atoms with van der Waals surface area (Å²) in [5.74, 6) is 0. The van der Waals surface area contributed by atoms with Gasteiger partial charge in [-0.25, -0.2) is 24.6 Å². The minimum absolute atomic E-state index is 0.00478. The molecule has 11 aromatic heterocycles. The highest BCUT2D eigenvalue weighted by Crippen LogP contribution is 2.54. The van der Waals surface area contributed by atoms with Gasteiger partial charge >= 0.3 is 0 Å². The first kappa shape index (κ1) is 117. The lowest BCUT2D eigenvalue weighted by atomic mass is 9.75. The van der Waals surface area contributed by atoms with Crippen LogP contribution < -0.4 is 0 Å². The van der Waals surface area contributed by atoms with Crippen LogP contribution in [0.2, 0.25) is 0 Å². The van der Waals surface area contributed by atoms with Gasteiger partial charge in [-0.1, -0.05) is 303 Å². The molecule has 0 N–H and O–H groups in total. The van der Waals surface area contributed by atoms with Crippen LogP contribution in [-0.2, 0) is 75.8 Å². The molecular weight excluding hydrogens is 1920 g/mol. The third kappa shape index (κ3) is 23.4. The third-order valence-corrected chi connectivity index (χ3v) is 34.6. The van der Waals surface area contributed by atoms with E-state index in [4.69, 9.17) is 38.3 Å². The fourth-order valence-corrected chi connectivity index (χ4v) is 27.6. The Hall–Kier alpha value is -8.29. The number of aromatic nitrogens is 15. The van der Waals surface area contributed by atoms with Crippen LogP contribution in [0.25, 0.3) is 108 Å². The fourth-order valence-electron chi connectivity index (χ4n) is 21.2. The van der Waals surface area contributed by atoms with Crippen LogP contribution in [0, 0.1) is 104 Å². The number of aryl methyl sites for hydroxylation is 11. The third-order valence-electron chi connectivity index (χ3n) is 28.0. The highest BCUT2D eigenvalue weighted by molar-refractivity contribution is 7.21. The average Bonchev–Trinajstić information content (AvgIpc) is 1.37. The zero-order chi connectivity index (χ0) is 110. The van der Waals surface area contributed by atoms with Crippen molar-refractivity contribution >= 4 is 189 Å². The summed E-state index contributed by atoms with van der Waals surface area (Å²) in [7, 11) is 0. The van der Waals surface area contributed by atoms with Gasteiger partial charge < -0.3 is 0 Å². The van der Waals surface area contributed by atoms with E-state index in [-0.39, 0.29) is 75.8 Å². The topological polar surface area (TPSA) is 206 Å². The number of benzene rings is 6. The molecule has 0 atom stereocenters. The molecule has 6 aromatic carbocycles. The molecule has 0 unspecified atom stereocenters. The van der Waals surface area contributed by atoms with Gasteiger partial charge in [0.1, 0.15) is 66.2 Å². The van der Waals surface area contributed by atoms with Gasteiger partial charge in [-0.2, -0.15) is 35.0 Å². The van der Waals surface area contributed by atoms with E-state index >= 15 is 0 Å². The molecule has 0 aliphatic rings. The van der Waals surface area contributed by atoms with Crippen molar-refractivity contribution in [1.82, 2.24) is 70.2 Å². The summed E-state index contributed by atoms with van der Waals surface area (Å²) >= 11 is 11.1. The molecule has 0 saturated heterocycles. The second-order valence-corrected chi connectivity index (χ2v) is 61.0. The van der Waals surface area contributed by atoms with Crippen molar-refractivity contribution in [2.24, 2.45) is 0 Å². The van der Waals surface area contributed by atoms with E-state index in [0.717, 1.165) is 123 Å². The SMILES string of the molecule is Cc1c(C)c(C(C)(C)C)c2nonc2c1C(C)(C)C.Cc1c(C)c(C(C)(C)C)c2nsnc2c1C(C)(C)C.Cc1cc2c(C(C)(C)C)c3nsnc3c(C(C)(C)C)c2cc1C.Cc1nc(C(C)(C)C)c2nsnc2c1C(C)(C)C.Cc1nc2c(C(C)(C)C)c3nsnc3c(C(C)(C)C)c2nc1C.Cc1nc2c(C(C)(C)C)sc(C(C)(C)C)c2nc1C.Cc1sc2c(C(C)(C)C)c3c(C)c(C)sc3c(C(C)(C)C)c2c1C. The molecule has 17 rings (SSSR count). The molecule has 0 saturated carbocycles. The molecule has 145 heavy (non-hydrogen) atoms. The Kier molecular flexibility index (Phi) is 32.4. The quantitative estimate of drug-likeness (QED) is 0.138. The molecule has 0 fully saturated rings. The highest BCUT2D eigenvalue weighted by atomic mass is 32.1. The normalized spacial score (nSPS) is 13.3. The summed E-state index contributed by atoms with van der Waals surface area (Å²) in [5, 5.41) is 14.1. The van der Waals surface area contributed by atoms with Crippen molar-refractivity contribution in [2.75, 3.05) is 0 Å². The van der Waals surface area contributed by atoms with Crippen molar-refractivity contribution < 1.29 is 4.63 Å². The van der Waals surface area contributed by atoms with E-state index in [1.54, 1.807) is 11.1 Å². The molecule has 0 bridgehead atoms. The van der Waals surface area contributed by atoms with E-state index in [1.807, 2.05) is 61.7 Å². The smallest absolute Gasteiger partial charge is 0.139 e. The lowest BCUT2D eigenvalue weighted by molar-refractivity contribution is 0.314. The first-order valence-electron chi connectivity index (χ1n) is 51.7. The molecule has 0 aliphatic heterocycles. The maximum atomic E-state index is 5.05. The van der Waals surface area contributed by atoms with Gasteiger partial charge in [0.15, 0.2) is 0 Å². The molecule has 11 heterocycles. The number of rotatable bonds is 0. The number of pyridine rings is 1. The second kappa shape index (κ2) is 40.1. The minimum Gasteiger partial charge on any atom is -0.255 e. The van der Waals surface area contributed by atoms with Crippen molar-refractivity contribution in [3.05, 3.63) is 172 Å². The van der Waals surface area contributed by atoms with E-state index in [2.05, 4.69) is 416 Å². The molecular formula is C122H173N15OS7. The molecule has 0 amide bonds. The Morgan fingerprint density at radius 3 is 0.669 bits per heavy atom. The molecule has 0 spiro atoms. The monoisotopic (exact) mass is 2090 g/mol. The van der Waals surface area contributed by atoms with Crippen LogP contribution >= 0.6 is 80.9 Å². The van der Waals surface area contributed by atoms with Gasteiger partial charge in [-0.15, -0.1) is 34.0 Å². The van der Waals surface area contributed by atoms with Crippen molar-refractivity contribution in [1.29, 1.82) is 0 Å². The summed E-state index contributed by atoms with van der Waals surface area (Å²) in [4.78, 5) is 29.9. The number of hydrogen-bond acceptors (Lipinski definition) is 23. The lowest BCUT2D eigenvalue weighted by Crippen LogP contribution is -2.20. The van der Waals surface area contributed by atoms with Gasteiger partial charge in [-0.3, -0.25) is 4.98 Å². The van der Waals surface area contributed by atoms with E-state index in [1.165, 1.54) is 181 Å². The molecule has 784 valence electrons. The zero-order valence-electron chi connectivity index (χ0n) is 99.6. The maximum Gasteiger partial charge on any atom is 0.139 e. The van der Waals surface area contributed by atoms with Gasteiger partial charge in [0.2, 0.25) is 0 Å². The maximum absolute atomic E-state index is 5.05. The predicted molar refractivity (Wildman–Crippen MR) is 637 cm³/mol. The Bertz CT molecular complexity index is 7140. The van der Waals surface area contributed by atoms with Crippen molar-refractivity contribution in [3.8, 4) is 0 Å². The van der Waals surface area contributed by atoms with Crippen LogP contribution in [0.4, 0.5) is 0 Å². The van der Waals surface area contributed by atoms with Crippen molar-refractivity contribution in [3.63, 3.8) is 0 Å². The van der Waals surface area contributed by atoms with Gasteiger partial charge in [-0.05, 0) is 284 Å². The van der Waals surface area contributed by atoms with Crippen LogP contribution in [0.1, 0.15) is 450 Å². The zero-order valence-corrected chi connectivity index (χ0v) is 105. The Balaban J connectivity index is 0.000000162. The summed E-state index contributed by atoms with van der Waals surface area (Å²) in [5.41, 5.74) is 46.7. The van der Waals surface area contributed by atoms with E-state index in [0.29, 0.717) is 0 Å².